The van der Waals surface area contributed by atoms with E-state index in [0.29, 0.717) is 0 Å². The van der Waals surface area contributed by atoms with Gasteiger partial charge < -0.3 is 9.67 Å². The van der Waals surface area contributed by atoms with Crippen LogP contribution in [0.5, 0.6) is 0 Å². The van der Waals surface area contributed by atoms with E-state index in [2.05, 4.69) is 34.7 Å². The Morgan fingerprint density at radius 1 is 1.28 bits per heavy atom. The Morgan fingerprint density at radius 3 is 2.78 bits per heavy atom. The number of aromatic nitrogens is 2. The molecule has 1 unspecified atom stereocenters. The van der Waals surface area contributed by atoms with E-state index in [1.165, 1.54) is 5.52 Å². The largest absolute Gasteiger partial charge is 0.393 e. The van der Waals surface area contributed by atoms with Gasteiger partial charge in [0, 0.05) is 13.0 Å². The summed E-state index contributed by atoms with van der Waals surface area (Å²) in [5, 5.41) is 9.60. The van der Waals surface area contributed by atoms with Crippen LogP contribution in [-0.2, 0) is 13.0 Å². The smallest absolute Gasteiger partial charge is 0.109 e. The second kappa shape index (κ2) is 6.01. The minimum Gasteiger partial charge on any atom is -0.393 e. The summed E-state index contributed by atoms with van der Waals surface area (Å²) in [6.07, 6.45) is 3.50. The molecule has 0 saturated heterocycles. The Kier molecular flexibility index (Phi) is 4.37. The van der Waals surface area contributed by atoms with Gasteiger partial charge in [0.05, 0.1) is 17.1 Å². The van der Waals surface area contributed by atoms with E-state index in [1.807, 2.05) is 13.0 Å². The minimum atomic E-state index is -0.162. The van der Waals surface area contributed by atoms with Crippen molar-refractivity contribution in [3.63, 3.8) is 0 Å². The van der Waals surface area contributed by atoms with Crippen molar-refractivity contribution in [3.8, 4) is 0 Å². The van der Waals surface area contributed by atoms with Crippen LogP contribution in [-0.4, -0.2) is 20.8 Å². The Labute approximate surface area is 108 Å². The molecule has 0 aliphatic rings. The van der Waals surface area contributed by atoms with Crippen LogP contribution in [0.25, 0.3) is 11.0 Å². The topological polar surface area (TPSA) is 38.0 Å². The van der Waals surface area contributed by atoms with Crippen molar-refractivity contribution in [1.29, 1.82) is 0 Å². The lowest BCUT2D eigenvalue weighted by Crippen LogP contribution is -2.08. The van der Waals surface area contributed by atoms with E-state index in [0.717, 1.165) is 43.6 Å². The number of benzene rings is 1. The molecule has 0 bridgehead atoms. The summed E-state index contributed by atoms with van der Waals surface area (Å²) in [4.78, 5) is 4.65. The molecule has 1 aromatic heterocycles. The van der Waals surface area contributed by atoms with Crippen LogP contribution < -0.4 is 0 Å². The number of para-hydroxylation sites is 2. The van der Waals surface area contributed by atoms with Gasteiger partial charge in [0.25, 0.3) is 0 Å². The number of aliphatic hydroxyl groups excluding tert-OH is 1. The first-order chi connectivity index (χ1) is 8.76. The molecule has 3 heteroatoms. The van der Waals surface area contributed by atoms with Gasteiger partial charge in [-0.05, 0) is 31.4 Å². The standard InChI is InChI=1S/C15H22N2O/c1-3-12(18)8-7-11-17-14-10-6-5-9-13(14)16-15(17)4-2/h5-6,9-10,12,18H,3-4,7-8,11H2,1-2H3. The molecule has 1 N–H and O–H groups in total. The molecular weight excluding hydrogens is 224 g/mol. The fourth-order valence-electron chi connectivity index (χ4n) is 2.33. The molecule has 0 fully saturated rings. The van der Waals surface area contributed by atoms with Crippen LogP contribution in [0.4, 0.5) is 0 Å². The van der Waals surface area contributed by atoms with Crippen LogP contribution >= 0.6 is 0 Å². The zero-order chi connectivity index (χ0) is 13.0. The molecule has 98 valence electrons. The number of nitrogens with zero attached hydrogens (tertiary/aromatic N) is 2. The Morgan fingerprint density at radius 2 is 2.06 bits per heavy atom. The van der Waals surface area contributed by atoms with Crippen LogP contribution in [0.3, 0.4) is 0 Å². The molecule has 18 heavy (non-hydrogen) atoms. The van der Waals surface area contributed by atoms with E-state index in [1.54, 1.807) is 0 Å². The second-order valence-electron chi connectivity index (χ2n) is 4.73. The van der Waals surface area contributed by atoms with Gasteiger partial charge in [-0.15, -0.1) is 0 Å². The quantitative estimate of drug-likeness (QED) is 0.850. The monoisotopic (exact) mass is 246 g/mol. The molecule has 0 aliphatic heterocycles. The van der Waals surface area contributed by atoms with Crippen LogP contribution in [0.15, 0.2) is 24.3 Å². The van der Waals surface area contributed by atoms with Gasteiger partial charge in [-0.2, -0.15) is 0 Å². The molecule has 2 rings (SSSR count). The van der Waals surface area contributed by atoms with Gasteiger partial charge in [-0.3, -0.25) is 0 Å². The Hall–Kier alpha value is -1.35. The number of hydrogen-bond acceptors (Lipinski definition) is 2. The molecule has 1 heterocycles. The molecule has 1 aromatic carbocycles. The highest BCUT2D eigenvalue weighted by Gasteiger charge is 2.09. The fourth-order valence-corrected chi connectivity index (χ4v) is 2.33. The predicted octanol–water partition coefficient (Wildman–Crippen LogP) is 3.15. The number of hydrogen-bond donors (Lipinski definition) is 1. The third-order valence-electron chi connectivity index (χ3n) is 3.44. The highest BCUT2D eigenvalue weighted by atomic mass is 16.3. The van der Waals surface area contributed by atoms with Crippen LogP contribution in [0.1, 0.15) is 38.9 Å². The van der Waals surface area contributed by atoms with Crippen molar-refractivity contribution < 1.29 is 5.11 Å². The average molecular weight is 246 g/mol. The van der Waals surface area contributed by atoms with Crippen molar-refractivity contribution in [2.45, 2.75) is 52.2 Å². The molecule has 1 atom stereocenters. The molecule has 3 nitrogen and oxygen atoms in total. The van der Waals surface area contributed by atoms with Crippen LogP contribution in [0, 0.1) is 0 Å². The minimum absolute atomic E-state index is 0.162. The first-order valence-electron chi connectivity index (χ1n) is 6.88. The fraction of sp³-hybridized carbons (Fsp3) is 0.533. The molecule has 0 spiro atoms. The maximum atomic E-state index is 9.60. The summed E-state index contributed by atoms with van der Waals surface area (Å²) in [5.41, 5.74) is 2.28. The van der Waals surface area contributed by atoms with Crippen molar-refractivity contribution in [1.82, 2.24) is 9.55 Å². The van der Waals surface area contributed by atoms with Gasteiger partial charge in [0.15, 0.2) is 0 Å². The van der Waals surface area contributed by atoms with Crippen LogP contribution in [0.2, 0.25) is 0 Å². The summed E-state index contributed by atoms with van der Waals surface area (Å²) < 4.78 is 2.29. The van der Waals surface area contributed by atoms with Gasteiger partial charge in [-0.1, -0.05) is 26.0 Å². The SMILES string of the molecule is CCc1nc2ccccc2n1CCCC(O)CC. The number of imidazole rings is 1. The second-order valence-corrected chi connectivity index (χ2v) is 4.73. The summed E-state index contributed by atoms with van der Waals surface area (Å²) in [5.74, 6) is 1.14. The molecule has 0 radical (unpaired) electrons. The van der Waals surface area contributed by atoms with E-state index in [9.17, 15) is 5.11 Å². The summed E-state index contributed by atoms with van der Waals surface area (Å²) >= 11 is 0. The average Bonchev–Trinajstić information content (AvgIpc) is 2.77. The number of aryl methyl sites for hydroxylation is 2. The lowest BCUT2D eigenvalue weighted by Gasteiger charge is -2.10. The molecule has 2 aromatic rings. The molecular formula is C15H22N2O. The highest BCUT2D eigenvalue weighted by molar-refractivity contribution is 5.75. The van der Waals surface area contributed by atoms with E-state index in [4.69, 9.17) is 0 Å². The van der Waals surface area contributed by atoms with E-state index >= 15 is 0 Å². The first-order valence-corrected chi connectivity index (χ1v) is 6.88. The van der Waals surface area contributed by atoms with Crippen molar-refractivity contribution in [2.24, 2.45) is 0 Å². The Bertz CT molecular complexity index is 504. The van der Waals surface area contributed by atoms with E-state index in [-0.39, 0.29) is 6.10 Å². The normalized spacial score (nSPS) is 13.1. The predicted molar refractivity (Wildman–Crippen MR) is 74.6 cm³/mol. The molecule has 0 amide bonds. The lowest BCUT2D eigenvalue weighted by molar-refractivity contribution is 0.156. The van der Waals surface area contributed by atoms with E-state index < -0.39 is 0 Å². The van der Waals surface area contributed by atoms with Gasteiger partial charge >= 0.3 is 0 Å². The molecule has 0 saturated carbocycles. The number of fused-ring (bicyclic) bond motifs is 1. The zero-order valence-corrected chi connectivity index (χ0v) is 11.3. The van der Waals surface area contributed by atoms with Crippen molar-refractivity contribution in [2.75, 3.05) is 0 Å². The number of aliphatic hydroxyl groups is 1. The number of rotatable bonds is 6. The maximum absolute atomic E-state index is 9.60. The maximum Gasteiger partial charge on any atom is 0.109 e. The lowest BCUT2D eigenvalue weighted by atomic mass is 10.1. The third kappa shape index (κ3) is 2.72. The zero-order valence-electron chi connectivity index (χ0n) is 11.3. The van der Waals surface area contributed by atoms with Gasteiger partial charge in [-0.25, -0.2) is 4.98 Å². The Balaban J connectivity index is 2.15. The van der Waals surface area contributed by atoms with Crippen molar-refractivity contribution >= 4 is 11.0 Å². The summed E-state index contributed by atoms with van der Waals surface area (Å²) in [6.45, 7) is 5.11. The van der Waals surface area contributed by atoms with Gasteiger partial charge in [0.1, 0.15) is 5.82 Å². The molecule has 0 aliphatic carbocycles. The summed E-state index contributed by atoms with van der Waals surface area (Å²) in [6, 6.07) is 8.27. The summed E-state index contributed by atoms with van der Waals surface area (Å²) in [7, 11) is 0. The van der Waals surface area contributed by atoms with Gasteiger partial charge in [0.2, 0.25) is 0 Å². The highest BCUT2D eigenvalue weighted by Crippen LogP contribution is 2.17. The third-order valence-corrected chi connectivity index (χ3v) is 3.44. The van der Waals surface area contributed by atoms with Crippen molar-refractivity contribution in [3.05, 3.63) is 30.1 Å². The first kappa shape index (κ1) is 13.1.